The second kappa shape index (κ2) is 11.8. The maximum atomic E-state index is 13.3. The zero-order valence-corrected chi connectivity index (χ0v) is 19.2. The van der Waals surface area contributed by atoms with Crippen LogP contribution >= 0.6 is 11.6 Å². The Morgan fingerprint density at radius 1 is 1.03 bits per heavy atom. The molecule has 0 aromatic heterocycles. The molecule has 0 aliphatic heterocycles. The van der Waals surface area contributed by atoms with Crippen LogP contribution in [-0.4, -0.2) is 28.8 Å². The van der Waals surface area contributed by atoms with E-state index in [9.17, 15) is 9.59 Å². The molecular formula is C25H33ClN2O2. The molecule has 2 aromatic rings. The van der Waals surface area contributed by atoms with Gasteiger partial charge in [-0.2, -0.15) is 0 Å². The second-order valence-corrected chi connectivity index (χ2v) is 8.25. The molecule has 0 saturated carbocycles. The van der Waals surface area contributed by atoms with Gasteiger partial charge in [0.25, 0.3) is 0 Å². The first-order valence-corrected chi connectivity index (χ1v) is 11.1. The van der Waals surface area contributed by atoms with Gasteiger partial charge >= 0.3 is 0 Å². The van der Waals surface area contributed by atoms with Crippen LogP contribution in [0.4, 0.5) is 0 Å². The minimum Gasteiger partial charge on any atom is -0.352 e. The highest BCUT2D eigenvalue weighted by atomic mass is 35.5. The standard InChI is InChI=1S/C25H33ClN2O2/c1-5-19(4)27-25(30)23(6-2)28(17-20-13-11-18(3)12-14-20)24(29)16-15-21-9-7-8-10-22(21)26/h7-14,19,23H,5-6,15-17H2,1-4H3,(H,27,30)/t19-,23-/m0/s1. The van der Waals surface area contributed by atoms with E-state index in [1.54, 1.807) is 4.90 Å². The van der Waals surface area contributed by atoms with E-state index in [0.29, 0.717) is 30.8 Å². The van der Waals surface area contributed by atoms with Crippen molar-refractivity contribution < 1.29 is 9.59 Å². The molecule has 5 heteroatoms. The van der Waals surface area contributed by atoms with Crippen LogP contribution in [0, 0.1) is 6.92 Å². The minimum absolute atomic E-state index is 0.0401. The molecule has 0 radical (unpaired) electrons. The van der Waals surface area contributed by atoms with Gasteiger partial charge in [0.05, 0.1) is 0 Å². The molecule has 2 atom stereocenters. The summed E-state index contributed by atoms with van der Waals surface area (Å²) < 4.78 is 0. The summed E-state index contributed by atoms with van der Waals surface area (Å²) in [6.07, 6.45) is 2.27. The van der Waals surface area contributed by atoms with E-state index >= 15 is 0 Å². The van der Waals surface area contributed by atoms with Crippen molar-refractivity contribution in [1.29, 1.82) is 0 Å². The fourth-order valence-electron chi connectivity index (χ4n) is 3.34. The summed E-state index contributed by atoms with van der Waals surface area (Å²) in [5.74, 6) is -0.133. The third-order valence-corrected chi connectivity index (χ3v) is 5.80. The van der Waals surface area contributed by atoms with E-state index in [2.05, 4.69) is 5.32 Å². The summed E-state index contributed by atoms with van der Waals surface area (Å²) in [6.45, 7) is 8.40. The van der Waals surface area contributed by atoms with Crippen LogP contribution in [0.3, 0.4) is 0 Å². The molecule has 0 unspecified atom stereocenters. The normalized spacial score (nSPS) is 12.8. The third kappa shape index (κ3) is 6.88. The Morgan fingerprint density at radius 2 is 1.70 bits per heavy atom. The van der Waals surface area contributed by atoms with Crippen LogP contribution in [0.25, 0.3) is 0 Å². The Hall–Kier alpha value is -2.33. The molecule has 2 aromatic carbocycles. The van der Waals surface area contributed by atoms with E-state index in [0.717, 1.165) is 23.1 Å². The number of nitrogens with zero attached hydrogens (tertiary/aromatic N) is 1. The highest BCUT2D eigenvalue weighted by Crippen LogP contribution is 2.19. The maximum absolute atomic E-state index is 13.3. The van der Waals surface area contributed by atoms with Crippen molar-refractivity contribution >= 4 is 23.4 Å². The van der Waals surface area contributed by atoms with E-state index in [1.165, 1.54) is 0 Å². The molecule has 0 saturated heterocycles. The van der Waals surface area contributed by atoms with E-state index in [1.807, 2.05) is 76.2 Å². The van der Waals surface area contributed by atoms with Gasteiger partial charge in [-0.3, -0.25) is 9.59 Å². The number of rotatable bonds is 10. The summed E-state index contributed by atoms with van der Waals surface area (Å²) >= 11 is 6.26. The third-order valence-electron chi connectivity index (χ3n) is 5.43. The Kier molecular flexibility index (Phi) is 9.38. The molecule has 162 valence electrons. The lowest BCUT2D eigenvalue weighted by Crippen LogP contribution is -2.50. The van der Waals surface area contributed by atoms with Crippen molar-refractivity contribution in [3.05, 3.63) is 70.2 Å². The van der Waals surface area contributed by atoms with Crippen molar-refractivity contribution in [2.45, 2.75) is 72.0 Å². The highest BCUT2D eigenvalue weighted by Gasteiger charge is 2.29. The number of halogens is 1. The molecular weight excluding hydrogens is 396 g/mol. The first-order chi connectivity index (χ1) is 14.3. The van der Waals surface area contributed by atoms with Crippen molar-refractivity contribution in [3.8, 4) is 0 Å². The first-order valence-electron chi connectivity index (χ1n) is 10.7. The summed E-state index contributed by atoms with van der Waals surface area (Å²) in [4.78, 5) is 27.9. The average molecular weight is 429 g/mol. The fraction of sp³-hybridized carbons (Fsp3) is 0.440. The predicted molar refractivity (Wildman–Crippen MR) is 123 cm³/mol. The SMILES string of the molecule is CC[C@H](C)NC(=O)[C@H](CC)N(Cc1ccc(C)cc1)C(=O)CCc1ccccc1Cl. The number of benzene rings is 2. The van der Waals surface area contributed by atoms with Crippen LogP contribution in [0.2, 0.25) is 5.02 Å². The molecule has 0 bridgehead atoms. The second-order valence-electron chi connectivity index (χ2n) is 7.84. The lowest BCUT2D eigenvalue weighted by Gasteiger charge is -2.31. The van der Waals surface area contributed by atoms with Gasteiger partial charge < -0.3 is 10.2 Å². The van der Waals surface area contributed by atoms with Crippen LogP contribution in [0.5, 0.6) is 0 Å². The Labute approximate surface area is 185 Å². The number of amides is 2. The summed E-state index contributed by atoms with van der Waals surface area (Å²) in [5.41, 5.74) is 3.12. The smallest absolute Gasteiger partial charge is 0.243 e. The molecule has 30 heavy (non-hydrogen) atoms. The van der Waals surface area contributed by atoms with Gasteiger partial charge in [0.1, 0.15) is 6.04 Å². The fourth-order valence-corrected chi connectivity index (χ4v) is 3.57. The number of hydrogen-bond acceptors (Lipinski definition) is 2. The Morgan fingerprint density at radius 3 is 2.30 bits per heavy atom. The van der Waals surface area contributed by atoms with E-state index in [-0.39, 0.29) is 17.9 Å². The van der Waals surface area contributed by atoms with Crippen LogP contribution in [-0.2, 0) is 22.6 Å². The average Bonchev–Trinajstić information content (AvgIpc) is 2.74. The molecule has 2 rings (SSSR count). The van der Waals surface area contributed by atoms with Crippen molar-refractivity contribution in [3.63, 3.8) is 0 Å². The summed E-state index contributed by atoms with van der Waals surface area (Å²) in [6, 6.07) is 15.2. The molecule has 0 aliphatic carbocycles. The molecule has 0 aliphatic rings. The van der Waals surface area contributed by atoms with Crippen LogP contribution < -0.4 is 5.32 Å². The van der Waals surface area contributed by atoms with Gasteiger partial charge in [-0.1, -0.05) is 73.5 Å². The Balaban J connectivity index is 2.21. The van der Waals surface area contributed by atoms with Gasteiger partial charge in [0.15, 0.2) is 0 Å². The van der Waals surface area contributed by atoms with Crippen LogP contribution in [0.1, 0.15) is 56.7 Å². The predicted octanol–water partition coefficient (Wildman–Crippen LogP) is 5.30. The number of hydrogen-bond donors (Lipinski definition) is 1. The Bertz CT molecular complexity index is 835. The summed E-state index contributed by atoms with van der Waals surface area (Å²) in [5, 5.41) is 3.70. The molecule has 0 heterocycles. The number of carbonyl (C=O) groups is 2. The van der Waals surface area contributed by atoms with Crippen LogP contribution in [0.15, 0.2) is 48.5 Å². The molecule has 1 N–H and O–H groups in total. The topological polar surface area (TPSA) is 49.4 Å². The largest absolute Gasteiger partial charge is 0.352 e. The molecule has 0 spiro atoms. The minimum atomic E-state index is -0.501. The number of aryl methyl sites for hydroxylation is 2. The van der Waals surface area contributed by atoms with E-state index < -0.39 is 6.04 Å². The maximum Gasteiger partial charge on any atom is 0.243 e. The zero-order chi connectivity index (χ0) is 22.1. The van der Waals surface area contributed by atoms with Crippen molar-refractivity contribution in [1.82, 2.24) is 10.2 Å². The van der Waals surface area contributed by atoms with Gasteiger partial charge in [-0.15, -0.1) is 0 Å². The lowest BCUT2D eigenvalue weighted by atomic mass is 10.1. The highest BCUT2D eigenvalue weighted by molar-refractivity contribution is 6.31. The number of nitrogens with one attached hydrogen (secondary N) is 1. The quantitative estimate of drug-likeness (QED) is 0.558. The van der Waals surface area contributed by atoms with Gasteiger partial charge in [0.2, 0.25) is 11.8 Å². The monoisotopic (exact) mass is 428 g/mol. The van der Waals surface area contributed by atoms with Crippen molar-refractivity contribution in [2.75, 3.05) is 0 Å². The number of carbonyl (C=O) groups excluding carboxylic acids is 2. The molecule has 0 fully saturated rings. The zero-order valence-electron chi connectivity index (χ0n) is 18.5. The van der Waals surface area contributed by atoms with E-state index in [4.69, 9.17) is 11.6 Å². The summed E-state index contributed by atoms with van der Waals surface area (Å²) in [7, 11) is 0. The molecule has 4 nitrogen and oxygen atoms in total. The van der Waals surface area contributed by atoms with Gasteiger partial charge in [-0.05, 0) is 50.3 Å². The van der Waals surface area contributed by atoms with Gasteiger partial charge in [0, 0.05) is 24.0 Å². The first kappa shape index (κ1) is 23.9. The van der Waals surface area contributed by atoms with Crippen molar-refractivity contribution in [2.24, 2.45) is 0 Å². The van der Waals surface area contributed by atoms with Gasteiger partial charge in [-0.25, -0.2) is 0 Å². The molecule has 2 amide bonds. The lowest BCUT2D eigenvalue weighted by molar-refractivity contribution is -0.141.